The summed E-state index contributed by atoms with van der Waals surface area (Å²) in [4.78, 5) is 0. The maximum atomic E-state index is 8.81. The van der Waals surface area contributed by atoms with Gasteiger partial charge in [0.25, 0.3) is 0 Å². The van der Waals surface area contributed by atoms with Crippen molar-refractivity contribution in [2.75, 3.05) is 13.2 Å². The van der Waals surface area contributed by atoms with Crippen LogP contribution in [-0.4, -0.2) is 18.7 Å². The van der Waals surface area contributed by atoms with Crippen molar-refractivity contribution < 1.29 is 4.74 Å². The number of rotatable bonds is 4. The molecule has 1 rings (SSSR count). The molecule has 0 aliphatic carbocycles. The molecule has 0 aromatic heterocycles. The molecule has 0 spiro atoms. The molecule has 0 bridgehead atoms. The van der Waals surface area contributed by atoms with Gasteiger partial charge >= 0.3 is 0 Å². The Morgan fingerprint density at radius 1 is 1.35 bits per heavy atom. The number of ether oxygens (including phenoxy) is 1. The molecule has 1 aromatic rings. The first-order chi connectivity index (χ1) is 7.92. The van der Waals surface area contributed by atoms with Crippen LogP contribution in [0.1, 0.15) is 31.9 Å². The number of hydrogen-bond donors (Lipinski definition) is 1. The van der Waals surface area contributed by atoms with E-state index < -0.39 is 0 Å². The molecule has 0 saturated carbocycles. The van der Waals surface area contributed by atoms with E-state index in [1.54, 1.807) is 12.1 Å². The molecule has 0 saturated heterocycles. The number of nitrogens with zero attached hydrogens (tertiary/aromatic N) is 1. The van der Waals surface area contributed by atoms with Crippen LogP contribution in [0.15, 0.2) is 18.2 Å². The quantitative estimate of drug-likeness (QED) is 0.812. The van der Waals surface area contributed by atoms with Gasteiger partial charge in [-0.1, -0.05) is 6.07 Å². The van der Waals surface area contributed by atoms with Gasteiger partial charge in [-0.3, -0.25) is 0 Å². The first-order valence-electron chi connectivity index (χ1n) is 5.81. The number of hydrogen-bond acceptors (Lipinski definition) is 3. The van der Waals surface area contributed by atoms with E-state index in [0.717, 1.165) is 17.9 Å². The van der Waals surface area contributed by atoms with Crippen LogP contribution in [-0.2, 0) is 0 Å². The van der Waals surface area contributed by atoms with Gasteiger partial charge in [0.2, 0.25) is 0 Å². The standard InChI is InChI=1S/C14H20N2O/c1-11-5-6-12(10-15)9-13(11)17-8-7-16-14(2,3)4/h5-6,9,16H,7-8H2,1-4H3. The van der Waals surface area contributed by atoms with E-state index in [9.17, 15) is 0 Å². The first-order valence-corrected chi connectivity index (χ1v) is 5.81. The van der Waals surface area contributed by atoms with Crippen molar-refractivity contribution >= 4 is 0 Å². The monoisotopic (exact) mass is 232 g/mol. The van der Waals surface area contributed by atoms with Crippen molar-refractivity contribution in [3.05, 3.63) is 29.3 Å². The van der Waals surface area contributed by atoms with Gasteiger partial charge in [-0.2, -0.15) is 5.26 Å². The van der Waals surface area contributed by atoms with Crippen LogP contribution >= 0.6 is 0 Å². The molecule has 0 fully saturated rings. The summed E-state index contributed by atoms with van der Waals surface area (Å²) < 4.78 is 5.66. The minimum Gasteiger partial charge on any atom is -0.492 e. The smallest absolute Gasteiger partial charge is 0.123 e. The number of aryl methyl sites for hydroxylation is 1. The number of nitrogens with one attached hydrogen (secondary N) is 1. The second-order valence-corrected chi connectivity index (χ2v) is 5.12. The lowest BCUT2D eigenvalue weighted by molar-refractivity contribution is 0.289. The van der Waals surface area contributed by atoms with Crippen LogP contribution < -0.4 is 10.1 Å². The molecular formula is C14H20N2O. The van der Waals surface area contributed by atoms with Crippen LogP contribution in [0.3, 0.4) is 0 Å². The van der Waals surface area contributed by atoms with Gasteiger partial charge in [0.1, 0.15) is 12.4 Å². The summed E-state index contributed by atoms with van der Waals surface area (Å²) >= 11 is 0. The van der Waals surface area contributed by atoms with Crippen molar-refractivity contribution in [2.24, 2.45) is 0 Å². The molecule has 0 unspecified atom stereocenters. The third-order valence-electron chi connectivity index (χ3n) is 2.33. The average molecular weight is 232 g/mol. The van der Waals surface area contributed by atoms with Crippen molar-refractivity contribution in [2.45, 2.75) is 33.2 Å². The predicted octanol–water partition coefficient (Wildman–Crippen LogP) is 2.63. The third-order valence-corrected chi connectivity index (χ3v) is 2.33. The summed E-state index contributed by atoms with van der Waals surface area (Å²) in [5.74, 6) is 0.791. The zero-order chi connectivity index (χ0) is 12.9. The lowest BCUT2D eigenvalue weighted by Gasteiger charge is -2.20. The normalized spacial score (nSPS) is 11.0. The number of benzene rings is 1. The van der Waals surface area contributed by atoms with Gasteiger partial charge < -0.3 is 10.1 Å². The molecule has 0 aliphatic rings. The van der Waals surface area contributed by atoms with E-state index in [2.05, 4.69) is 32.2 Å². The fourth-order valence-electron chi connectivity index (χ4n) is 1.41. The van der Waals surface area contributed by atoms with Crippen LogP contribution in [0.5, 0.6) is 5.75 Å². The van der Waals surface area contributed by atoms with Gasteiger partial charge in [-0.15, -0.1) is 0 Å². The molecule has 92 valence electrons. The van der Waals surface area contributed by atoms with Crippen LogP contribution in [0.25, 0.3) is 0 Å². The highest BCUT2D eigenvalue weighted by Crippen LogP contribution is 2.18. The van der Waals surface area contributed by atoms with E-state index in [-0.39, 0.29) is 5.54 Å². The third kappa shape index (κ3) is 4.88. The van der Waals surface area contributed by atoms with Gasteiger partial charge in [0, 0.05) is 12.1 Å². The molecule has 0 heterocycles. The maximum Gasteiger partial charge on any atom is 0.123 e. The van der Waals surface area contributed by atoms with Gasteiger partial charge in [-0.25, -0.2) is 0 Å². The zero-order valence-electron chi connectivity index (χ0n) is 11.0. The molecule has 17 heavy (non-hydrogen) atoms. The number of nitriles is 1. The Labute approximate surface area is 103 Å². The van der Waals surface area contributed by atoms with Crippen molar-refractivity contribution in [3.8, 4) is 11.8 Å². The van der Waals surface area contributed by atoms with E-state index in [4.69, 9.17) is 10.00 Å². The van der Waals surface area contributed by atoms with Crippen LogP contribution in [0.2, 0.25) is 0 Å². The summed E-state index contributed by atoms with van der Waals surface area (Å²) in [5, 5.41) is 12.2. The van der Waals surface area contributed by atoms with E-state index in [0.29, 0.717) is 12.2 Å². The van der Waals surface area contributed by atoms with Crippen LogP contribution in [0, 0.1) is 18.3 Å². The summed E-state index contributed by atoms with van der Waals surface area (Å²) in [5.41, 5.74) is 1.79. The topological polar surface area (TPSA) is 45.0 Å². The highest BCUT2D eigenvalue weighted by Gasteiger charge is 2.08. The zero-order valence-corrected chi connectivity index (χ0v) is 11.0. The summed E-state index contributed by atoms with van der Waals surface area (Å²) in [6, 6.07) is 7.61. The predicted molar refractivity (Wildman–Crippen MR) is 69.1 cm³/mol. The average Bonchev–Trinajstić information content (AvgIpc) is 2.25. The highest BCUT2D eigenvalue weighted by molar-refractivity contribution is 5.41. The SMILES string of the molecule is Cc1ccc(C#N)cc1OCCNC(C)(C)C. The van der Waals surface area contributed by atoms with Crippen molar-refractivity contribution in [1.29, 1.82) is 5.26 Å². The van der Waals surface area contributed by atoms with E-state index >= 15 is 0 Å². The fourth-order valence-corrected chi connectivity index (χ4v) is 1.41. The van der Waals surface area contributed by atoms with E-state index in [1.165, 1.54) is 0 Å². The van der Waals surface area contributed by atoms with Crippen LogP contribution in [0.4, 0.5) is 0 Å². The lowest BCUT2D eigenvalue weighted by atomic mass is 10.1. The minimum absolute atomic E-state index is 0.104. The van der Waals surface area contributed by atoms with Crippen molar-refractivity contribution in [3.63, 3.8) is 0 Å². The fraction of sp³-hybridized carbons (Fsp3) is 0.500. The van der Waals surface area contributed by atoms with E-state index in [1.807, 2.05) is 13.0 Å². The van der Waals surface area contributed by atoms with Gasteiger partial charge in [-0.05, 0) is 45.4 Å². The van der Waals surface area contributed by atoms with Gasteiger partial charge in [0.05, 0.1) is 11.6 Å². The Hall–Kier alpha value is -1.53. The Balaban J connectivity index is 2.49. The molecule has 3 nitrogen and oxygen atoms in total. The lowest BCUT2D eigenvalue weighted by Crippen LogP contribution is -2.38. The van der Waals surface area contributed by atoms with Crippen molar-refractivity contribution in [1.82, 2.24) is 5.32 Å². The summed E-state index contributed by atoms with van der Waals surface area (Å²) in [6.07, 6.45) is 0. The minimum atomic E-state index is 0.104. The first kappa shape index (κ1) is 13.5. The molecule has 0 atom stereocenters. The van der Waals surface area contributed by atoms with Gasteiger partial charge in [0.15, 0.2) is 0 Å². The Bertz CT molecular complexity index is 413. The molecule has 1 aromatic carbocycles. The molecule has 3 heteroatoms. The largest absolute Gasteiger partial charge is 0.492 e. The second kappa shape index (κ2) is 5.70. The molecule has 1 N–H and O–H groups in total. The Morgan fingerprint density at radius 3 is 2.65 bits per heavy atom. The second-order valence-electron chi connectivity index (χ2n) is 5.12. The molecule has 0 aliphatic heterocycles. The Kier molecular flexibility index (Phi) is 4.53. The summed E-state index contributed by atoms with van der Waals surface area (Å²) in [7, 11) is 0. The summed E-state index contributed by atoms with van der Waals surface area (Å²) in [6.45, 7) is 9.73. The molecule has 0 amide bonds. The highest BCUT2D eigenvalue weighted by atomic mass is 16.5. The molecular weight excluding hydrogens is 212 g/mol. The Morgan fingerprint density at radius 2 is 2.06 bits per heavy atom. The maximum absolute atomic E-state index is 8.81. The molecule has 0 radical (unpaired) electrons.